The average molecular weight is 214 g/mol. The Morgan fingerprint density at radius 2 is 2.21 bits per heavy atom. The lowest BCUT2D eigenvalue weighted by molar-refractivity contribution is 0.131. The molecule has 0 spiro atoms. The maximum absolute atomic E-state index is 5.23. The first-order chi connectivity index (χ1) is 6.57. The lowest BCUT2D eigenvalue weighted by atomic mass is 10.1. The normalized spacial score (nSPS) is 13.5. The molecule has 1 rings (SSSR count). The molecule has 1 aromatic heterocycles. The van der Waals surface area contributed by atoms with Gasteiger partial charge in [-0.1, -0.05) is 13.8 Å². The van der Waals surface area contributed by atoms with Crippen molar-refractivity contribution < 1.29 is 4.74 Å². The second-order valence-electron chi connectivity index (χ2n) is 3.87. The van der Waals surface area contributed by atoms with Gasteiger partial charge in [-0.05, 0) is 25.1 Å². The molecule has 1 aromatic rings. The third-order valence-electron chi connectivity index (χ3n) is 2.44. The summed E-state index contributed by atoms with van der Waals surface area (Å²) in [5.41, 5.74) is 1.16. The highest BCUT2D eigenvalue weighted by Gasteiger charge is 2.17. The largest absolute Gasteiger partial charge is 0.383 e. The van der Waals surface area contributed by atoms with Crippen LogP contribution in [-0.4, -0.2) is 23.3 Å². The van der Waals surface area contributed by atoms with Crippen molar-refractivity contribution in [3.05, 3.63) is 16.7 Å². The number of methoxy groups -OCH3 is 1. The molecule has 14 heavy (non-hydrogen) atoms. The molecule has 0 fully saturated rings. The van der Waals surface area contributed by atoms with E-state index in [0.29, 0.717) is 18.6 Å². The van der Waals surface area contributed by atoms with Crippen LogP contribution >= 0.6 is 12.2 Å². The van der Waals surface area contributed by atoms with E-state index in [1.54, 1.807) is 7.11 Å². The first kappa shape index (κ1) is 11.5. The summed E-state index contributed by atoms with van der Waals surface area (Å²) in [6, 6.07) is 0.318. The number of aryl methyl sites for hydroxylation is 1. The van der Waals surface area contributed by atoms with Crippen LogP contribution in [-0.2, 0) is 4.74 Å². The standard InChI is InChI=1S/C10H18N2OS/c1-7(2)9(6-13-4)12-8(3)5-11-10(12)14/h5,7,9H,6H2,1-4H3,(H,11,14). The summed E-state index contributed by atoms with van der Waals surface area (Å²) < 4.78 is 8.12. The fraction of sp³-hybridized carbons (Fsp3) is 0.700. The molecule has 0 aromatic carbocycles. The smallest absolute Gasteiger partial charge is 0.177 e. The Balaban J connectivity index is 3.04. The zero-order valence-electron chi connectivity index (χ0n) is 9.20. The summed E-state index contributed by atoms with van der Waals surface area (Å²) in [5.74, 6) is 0.510. The van der Waals surface area contributed by atoms with Gasteiger partial charge in [-0.2, -0.15) is 0 Å². The monoisotopic (exact) mass is 214 g/mol. The Kier molecular flexibility index (Phi) is 3.89. The van der Waals surface area contributed by atoms with E-state index in [4.69, 9.17) is 17.0 Å². The molecule has 1 unspecified atom stereocenters. The molecule has 0 aliphatic rings. The van der Waals surface area contributed by atoms with Crippen molar-refractivity contribution in [1.29, 1.82) is 0 Å². The lowest BCUT2D eigenvalue weighted by Gasteiger charge is -2.23. The number of hydrogen-bond donors (Lipinski definition) is 1. The van der Waals surface area contributed by atoms with Crippen molar-refractivity contribution in [2.45, 2.75) is 26.8 Å². The fourth-order valence-corrected chi connectivity index (χ4v) is 1.95. The van der Waals surface area contributed by atoms with Gasteiger partial charge in [0.2, 0.25) is 0 Å². The van der Waals surface area contributed by atoms with Crippen LogP contribution in [0, 0.1) is 17.6 Å². The summed E-state index contributed by atoms with van der Waals surface area (Å²) in [5, 5.41) is 0. The third kappa shape index (κ3) is 2.25. The molecule has 0 amide bonds. The van der Waals surface area contributed by atoms with Crippen molar-refractivity contribution in [2.75, 3.05) is 13.7 Å². The van der Waals surface area contributed by atoms with Gasteiger partial charge in [0.05, 0.1) is 12.6 Å². The Labute approximate surface area is 90.1 Å². The molecular formula is C10H18N2OS. The molecule has 1 heterocycles. The molecule has 80 valence electrons. The number of nitrogens with one attached hydrogen (secondary N) is 1. The maximum Gasteiger partial charge on any atom is 0.177 e. The van der Waals surface area contributed by atoms with Crippen molar-refractivity contribution in [2.24, 2.45) is 5.92 Å². The summed E-state index contributed by atoms with van der Waals surface area (Å²) in [4.78, 5) is 3.05. The lowest BCUT2D eigenvalue weighted by Crippen LogP contribution is -2.21. The van der Waals surface area contributed by atoms with E-state index in [2.05, 4.69) is 30.3 Å². The molecule has 1 N–H and O–H groups in total. The fourth-order valence-electron chi connectivity index (χ4n) is 1.61. The summed E-state index contributed by atoms with van der Waals surface area (Å²) >= 11 is 5.23. The molecule has 0 radical (unpaired) electrons. The van der Waals surface area contributed by atoms with E-state index in [1.807, 2.05) is 6.20 Å². The van der Waals surface area contributed by atoms with Crippen LogP contribution in [0.4, 0.5) is 0 Å². The number of H-pyrrole nitrogens is 1. The second kappa shape index (κ2) is 4.75. The highest BCUT2D eigenvalue weighted by molar-refractivity contribution is 7.71. The second-order valence-corrected chi connectivity index (χ2v) is 4.26. The van der Waals surface area contributed by atoms with Gasteiger partial charge in [-0.25, -0.2) is 0 Å². The molecule has 1 atom stereocenters. The van der Waals surface area contributed by atoms with Crippen molar-refractivity contribution in [3.63, 3.8) is 0 Å². The maximum atomic E-state index is 5.23. The summed E-state index contributed by atoms with van der Waals surface area (Å²) in [6.07, 6.45) is 1.94. The van der Waals surface area contributed by atoms with E-state index in [1.165, 1.54) is 0 Å². The van der Waals surface area contributed by atoms with E-state index in [0.717, 1.165) is 10.5 Å². The number of rotatable bonds is 4. The van der Waals surface area contributed by atoms with Gasteiger partial charge < -0.3 is 14.3 Å². The van der Waals surface area contributed by atoms with Gasteiger partial charge in [0.25, 0.3) is 0 Å². The minimum atomic E-state index is 0.318. The first-order valence-corrected chi connectivity index (χ1v) is 5.24. The molecule has 0 aliphatic carbocycles. The number of imidazole rings is 1. The van der Waals surface area contributed by atoms with Gasteiger partial charge in [0, 0.05) is 19.0 Å². The Morgan fingerprint density at radius 3 is 2.57 bits per heavy atom. The number of aromatic nitrogens is 2. The van der Waals surface area contributed by atoms with Gasteiger partial charge in [0.15, 0.2) is 4.77 Å². The van der Waals surface area contributed by atoms with E-state index in [9.17, 15) is 0 Å². The van der Waals surface area contributed by atoms with Crippen molar-refractivity contribution in [3.8, 4) is 0 Å². The molecule has 0 aliphatic heterocycles. The number of ether oxygens (including phenoxy) is 1. The van der Waals surface area contributed by atoms with Crippen molar-refractivity contribution in [1.82, 2.24) is 9.55 Å². The zero-order valence-corrected chi connectivity index (χ0v) is 10.0. The van der Waals surface area contributed by atoms with Crippen LogP contribution in [0.15, 0.2) is 6.20 Å². The Morgan fingerprint density at radius 1 is 1.57 bits per heavy atom. The Hall–Kier alpha value is -0.610. The molecule has 0 bridgehead atoms. The predicted octanol–water partition coefficient (Wildman–Crippen LogP) is 2.70. The van der Waals surface area contributed by atoms with Crippen LogP contribution < -0.4 is 0 Å². The third-order valence-corrected chi connectivity index (χ3v) is 2.76. The average Bonchev–Trinajstić information content (AvgIpc) is 2.43. The highest BCUT2D eigenvalue weighted by Crippen LogP contribution is 2.20. The molecular weight excluding hydrogens is 196 g/mol. The predicted molar refractivity (Wildman–Crippen MR) is 60.1 cm³/mol. The van der Waals surface area contributed by atoms with Gasteiger partial charge in [-0.3, -0.25) is 0 Å². The zero-order chi connectivity index (χ0) is 10.7. The quantitative estimate of drug-likeness (QED) is 0.781. The van der Waals surface area contributed by atoms with Crippen LogP contribution in [0.1, 0.15) is 25.6 Å². The van der Waals surface area contributed by atoms with Crippen LogP contribution in [0.5, 0.6) is 0 Å². The number of hydrogen-bond acceptors (Lipinski definition) is 2. The van der Waals surface area contributed by atoms with Gasteiger partial charge in [-0.15, -0.1) is 0 Å². The minimum absolute atomic E-state index is 0.318. The topological polar surface area (TPSA) is 29.9 Å². The number of nitrogens with zero attached hydrogens (tertiary/aromatic N) is 1. The van der Waals surface area contributed by atoms with Crippen LogP contribution in [0.2, 0.25) is 0 Å². The minimum Gasteiger partial charge on any atom is -0.383 e. The van der Waals surface area contributed by atoms with E-state index in [-0.39, 0.29) is 0 Å². The molecule has 3 nitrogen and oxygen atoms in total. The van der Waals surface area contributed by atoms with E-state index < -0.39 is 0 Å². The van der Waals surface area contributed by atoms with Gasteiger partial charge in [0.1, 0.15) is 0 Å². The van der Waals surface area contributed by atoms with Crippen LogP contribution in [0.25, 0.3) is 0 Å². The molecule has 0 saturated heterocycles. The molecule has 4 heteroatoms. The highest BCUT2D eigenvalue weighted by atomic mass is 32.1. The SMILES string of the molecule is COCC(C(C)C)n1c(C)c[nH]c1=S. The van der Waals surface area contributed by atoms with Crippen molar-refractivity contribution >= 4 is 12.2 Å². The van der Waals surface area contributed by atoms with E-state index >= 15 is 0 Å². The van der Waals surface area contributed by atoms with Gasteiger partial charge >= 0.3 is 0 Å². The Bertz CT molecular complexity index is 340. The number of aromatic amines is 1. The summed E-state index contributed by atoms with van der Waals surface area (Å²) in [7, 11) is 1.72. The van der Waals surface area contributed by atoms with Crippen LogP contribution in [0.3, 0.4) is 0 Å². The molecule has 0 saturated carbocycles. The first-order valence-electron chi connectivity index (χ1n) is 4.83. The summed E-state index contributed by atoms with van der Waals surface area (Å²) in [6.45, 7) is 7.11.